The third-order valence-electron chi connectivity index (χ3n) is 4.31. The number of rotatable bonds is 6. The van der Waals surface area contributed by atoms with Crippen LogP contribution in [-0.2, 0) is 9.47 Å². The van der Waals surface area contributed by atoms with Crippen molar-refractivity contribution in [2.75, 3.05) is 26.3 Å². The fraction of sp³-hybridized carbons (Fsp3) is 1.00. The second-order valence-electron chi connectivity index (χ2n) is 6.18. The lowest BCUT2D eigenvalue weighted by Crippen LogP contribution is -2.43. The quantitative estimate of drug-likeness (QED) is 0.740. The normalized spacial score (nSPS) is 37.0. The summed E-state index contributed by atoms with van der Waals surface area (Å²) in [5.41, 5.74) is 0.322. The van der Waals surface area contributed by atoms with Crippen LogP contribution in [0, 0.1) is 5.41 Å². The summed E-state index contributed by atoms with van der Waals surface area (Å²) < 4.78 is 11.8. The summed E-state index contributed by atoms with van der Waals surface area (Å²) in [5, 5.41) is 3.60. The summed E-state index contributed by atoms with van der Waals surface area (Å²) in [6.07, 6.45) is 8.25. The molecule has 0 aromatic carbocycles. The summed E-state index contributed by atoms with van der Waals surface area (Å²) in [7, 11) is 0. The fourth-order valence-electron chi connectivity index (χ4n) is 3.33. The number of hydrogen-bond donors (Lipinski definition) is 1. The predicted molar refractivity (Wildman–Crippen MR) is 73.8 cm³/mol. The third-order valence-corrected chi connectivity index (χ3v) is 4.31. The van der Waals surface area contributed by atoms with E-state index in [1.807, 2.05) is 0 Å². The second-order valence-corrected chi connectivity index (χ2v) is 6.18. The van der Waals surface area contributed by atoms with Crippen molar-refractivity contribution in [1.82, 2.24) is 5.32 Å². The largest absolute Gasteiger partial charge is 0.381 e. The Labute approximate surface area is 112 Å². The molecule has 2 aliphatic heterocycles. The molecular formula is C15H29NO2. The Kier molecular flexibility index (Phi) is 5.46. The molecule has 0 aliphatic carbocycles. The first-order valence-electron chi connectivity index (χ1n) is 7.68. The van der Waals surface area contributed by atoms with Gasteiger partial charge in [-0.25, -0.2) is 0 Å². The molecule has 3 atom stereocenters. The van der Waals surface area contributed by atoms with E-state index in [1.54, 1.807) is 0 Å². The molecule has 0 amide bonds. The minimum atomic E-state index is 0.322. The van der Waals surface area contributed by atoms with Gasteiger partial charge in [0.2, 0.25) is 0 Å². The van der Waals surface area contributed by atoms with Gasteiger partial charge in [-0.05, 0) is 52.0 Å². The van der Waals surface area contributed by atoms with Gasteiger partial charge in [-0.3, -0.25) is 0 Å². The van der Waals surface area contributed by atoms with E-state index >= 15 is 0 Å². The van der Waals surface area contributed by atoms with Gasteiger partial charge in [0.05, 0.1) is 18.8 Å². The summed E-state index contributed by atoms with van der Waals surface area (Å²) in [6, 6.07) is 0. The lowest BCUT2D eigenvalue weighted by atomic mass is 9.77. The molecule has 0 radical (unpaired) electrons. The van der Waals surface area contributed by atoms with E-state index in [9.17, 15) is 0 Å². The monoisotopic (exact) mass is 255 g/mol. The van der Waals surface area contributed by atoms with Crippen LogP contribution in [0.3, 0.4) is 0 Å². The zero-order valence-electron chi connectivity index (χ0n) is 12.0. The van der Waals surface area contributed by atoms with Crippen LogP contribution >= 0.6 is 0 Å². The van der Waals surface area contributed by atoms with Gasteiger partial charge in [0.15, 0.2) is 0 Å². The molecule has 0 aromatic rings. The molecule has 2 aliphatic rings. The van der Waals surface area contributed by atoms with Crippen LogP contribution in [0.15, 0.2) is 0 Å². The van der Waals surface area contributed by atoms with Crippen LogP contribution in [-0.4, -0.2) is 38.5 Å². The zero-order valence-corrected chi connectivity index (χ0v) is 12.0. The van der Waals surface area contributed by atoms with Crippen LogP contribution in [0.25, 0.3) is 0 Å². The van der Waals surface area contributed by atoms with Crippen LogP contribution in [0.1, 0.15) is 52.4 Å². The molecule has 3 nitrogen and oxygen atoms in total. The van der Waals surface area contributed by atoms with Gasteiger partial charge in [-0.15, -0.1) is 0 Å². The van der Waals surface area contributed by atoms with E-state index in [4.69, 9.17) is 9.47 Å². The summed E-state index contributed by atoms with van der Waals surface area (Å²) >= 11 is 0. The van der Waals surface area contributed by atoms with Crippen LogP contribution < -0.4 is 5.32 Å². The molecule has 3 unspecified atom stereocenters. The Morgan fingerprint density at radius 3 is 2.83 bits per heavy atom. The molecule has 18 heavy (non-hydrogen) atoms. The Balaban J connectivity index is 1.86. The molecule has 1 N–H and O–H groups in total. The van der Waals surface area contributed by atoms with Crippen molar-refractivity contribution >= 4 is 0 Å². The molecule has 3 heteroatoms. The maximum Gasteiger partial charge on any atom is 0.0586 e. The molecule has 0 bridgehead atoms. The molecule has 2 fully saturated rings. The third kappa shape index (κ3) is 3.94. The maximum atomic E-state index is 6.01. The van der Waals surface area contributed by atoms with Crippen LogP contribution in [0.5, 0.6) is 0 Å². The summed E-state index contributed by atoms with van der Waals surface area (Å²) in [6.45, 7) is 8.48. The van der Waals surface area contributed by atoms with Crippen molar-refractivity contribution < 1.29 is 9.47 Å². The summed E-state index contributed by atoms with van der Waals surface area (Å²) in [4.78, 5) is 0. The van der Waals surface area contributed by atoms with E-state index in [-0.39, 0.29) is 0 Å². The summed E-state index contributed by atoms with van der Waals surface area (Å²) in [5.74, 6) is 0. The predicted octanol–water partition coefficient (Wildman–Crippen LogP) is 2.74. The van der Waals surface area contributed by atoms with Crippen LogP contribution in [0.4, 0.5) is 0 Å². The molecule has 106 valence electrons. The second kappa shape index (κ2) is 6.88. The first kappa shape index (κ1) is 14.3. The van der Waals surface area contributed by atoms with E-state index in [0.717, 1.165) is 26.3 Å². The maximum absolute atomic E-state index is 6.01. The van der Waals surface area contributed by atoms with E-state index < -0.39 is 0 Å². The Bertz CT molecular complexity index is 239. The highest BCUT2D eigenvalue weighted by molar-refractivity contribution is 4.88. The Hall–Kier alpha value is -0.120. The average Bonchev–Trinajstić information content (AvgIpc) is 2.76. The highest BCUT2D eigenvalue weighted by Crippen LogP contribution is 2.37. The molecule has 0 saturated carbocycles. The Morgan fingerprint density at radius 1 is 1.33 bits per heavy atom. The standard InChI is InChI=1S/C15H29NO2/c1-3-8-16-11-15(7-4-9-17-12-15)10-14-6-5-13(2)18-14/h13-14,16H,3-12H2,1-2H3. The molecular weight excluding hydrogens is 226 g/mol. The highest BCUT2D eigenvalue weighted by atomic mass is 16.5. The van der Waals surface area contributed by atoms with Crippen molar-refractivity contribution in [1.29, 1.82) is 0 Å². The van der Waals surface area contributed by atoms with Crippen LogP contribution in [0.2, 0.25) is 0 Å². The number of nitrogens with one attached hydrogen (secondary N) is 1. The lowest BCUT2D eigenvalue weighted by Gasteiger charge is -2.39. The topological polar surface area (TPSA) is 30.5 Å². The van der Waals surface area contributed by atoms with Crippen molar-refractivity contribution in [3.63, 3.8) is 0 Å². The van der Waals surface area contributed by atoms with Gasteiger partial charge in [-0.2, -0.15) is 0 Å². The highest BCUT2D eigenvalue weighted by Gasteiger charge is 2.37. The lowest BCUT2D eigenvalue weighted by molar-refractivity contribution is -0.0474. The van der Waals surface area contributed by atoms with Crippen molar-refractivity contribution in [3.05, 3.63) is 0 Å². The van der Waals surface area contributed by atoms with E-state index in [0.29, 0.717) is 17.6 Å². The molecule has 0 spiro atoms. The minimum absolute atomic E-state index is 0.322. The fourth-order valence-corrected chi connectivity index (χ4v) is 3.33. The first-order valence-corrected chi connectivity index (χ1v) is 7.68. The smallest absolute Gasteiger partial charge is 0.0586 e. The van der Waals surface area contributed by atoms with Gasteiger partial charge < -0.3 is 14.8 Å². The SMILES string of the molecule is CCCNCC1(CC2CCC(C)O2)CCCOC1. The average molecular weight is 255 g/mol. The van der Waals surface area contributed by atoms with Gasteiger partial charge in [0.25, 0.3) is 0 Å². The van der Waals surface area contributed by atoms with Gasteiger partial charge in [-0.1, -0.05) is 6.92 Å². The minimum Gasteiger partial charge on any atom is -0.381 e. The van der Waals surface area contributed by atoms with Crippen molar-refractivity contribution in [2.45, 2.75) is 64.6 Å². The zero-order chi connectivity index (χ0) is 12.8. The van der Waals surface area contributed by atoms with Gasteiger partial charge in [0, 0.05) is 18.6 Å². The van der Waals surface area contributed by atoms with E-state index in [1.165, 1.54) is 38.5 Å². The molecule has 2 saturated heterocycles. The number of hydrogen-bond acceptors (Lipinski definition) is 3. The van der Waals surface area contributed by atoms with E-state index in [2.05, 4.69) is 19.2 Å². The molecule has 2 rings (SSSR count). The number of ether oxygens (including phenoxy) is 2. The van der Waals surface area contributed by atoms with Gasteiger partial charge >= 0.3 is 0 Å². The first-order chi connectivity index (χ1) is 8.74. The van der Waals surface area contributed by atoms with Gasteiger partial charge in [0.1, 0.15) is 0 Å². The Morgan fingerprint density at radius 2 is 2.22 bits per heavy atom. The molecule has 2 heterocycles. The van der Waals surface area contributed by atoms with Crippen molar-refractivity contribution in [3.8, 4) is 0 Å². The molecule has 0 aromatic heterocycles. The van der Waals surface area contributed by atoms with Crippen molar-refractivity contribution in [2.24, 2.45) is 5.41 Å².